The highest BCUT2D eigenvalue weighted by atomic mass is 16.5. The second-order valence-electron chi connectivity index (χ2n) is 4.13. The van der Waals surface area contributed by atoms with Gasteiger partial charge in [0.05, 0.1) is 0 Å². The lowest BCUT2D eigenvalue weighted by Crippen LogP contribution is -2.26. The van der Waals surface area contributed by atoms with Crippen molar-refractivity contribution in [2.45, 2.75) is 31.7 Å². The Morgan fingerprint density at radius 1 is 1.43 bits per heavy atom. The van der Waals surface area contributed by atoms with E-state index in [2.05, 4.69) is 17.3 Å². The third kappa shape index (κ3) is 4.40. The van der Waals surface area contributed by atoms with Gasteiger partial charge in [0, 0.05) is 19.3 Å². The standard InChI is InChI=1S/C11H24N2O/c1-12-7-4-9-14-10-6-11-5-3-8-13(11)2/h11-12H,3-10H2,1-2H3. The van der Waals surface area contributed by atoms with E-state index in [1.54, 1.807) is 0 Å². The molecule has 1 heterocycles. The van der Waals surface area contributed by atoms with Gasteiger partial charge in [-0.25, -0.2) is 0 Å². The molecule has 0 aromatic heterocycles. The summed E-state index contributed by atoms with van der Waals surface area (Å²) in [7, 11) is 4.20. The van der Waals surface area contributed by atoms with Crippen molar-refractivity contribution < 1.29 is 4.74 Å². The van der Waals surface area contributed by atoms with Gasteiger partial charge in [-0.05, 0) is 52.9 Å². The monoisotopic (exact) mass is 200 g/mol. The zero-order valence-electron chi connectivity index (χ0n) is 9.59. The van der Waals surface area contributed by atoms with Gasteiger partial charge in [0.15, 0.2) is 0 Å². The summed E-state index contributed by atoms with van der Waals surface area (Å²) in [6, 6.07) is 0.777. The van der Waals surface area contributed by atoms with Gasteiger partial charge in [0.25, 0.3) is 0 Å². The molecule has 3 heteroatoms. The number of hydrogen-bond acceptors (Lipinski definition) is 3. The van der Waals surface area contributed by atoms with Crippen molar-refractivity contribution in [3.05, 3.63) is 0 Å². The van der Waals surface area contributed by atoms with Gasteiger partial charge in [-0.15, -0.1) is 0 Å². The first-order valence-corrected chi connectivity index (χ1v) is 5.77. The molecule has 84 valence electrons. The zero-order chi connectivity index (χ0) is 10.2. The van der Waals surface area contributed by atoms with Crippen LogP contribution in [-0.4, -0.2) is 51.3 Å². The lowest BCUT2D eigenvalue weighted by Gasteiger charge is -2.18. The van der Waals surface area contributed by atoms with Crippen LogP contribution in [0.4, 0.5) is 0 Å². The van der Waals surface area contributed by atoms with Gasteiger partial charge in [-0.3, -0.25) is 0 Å². The molecule has 1 aliphatic rings. The van der Waals surface area contributed by atoms with Crippen LogP contribution >= 0.6 is 0 Å². The minimum absolute atomic E-state index is 0.777. The molecule has 1 fully saturated rings. The molecule has 1 N–H and O–H groups in total. The smallest absolute Gasteiger partial charge is 0.0480 e. The summed E-state index contributed by atoms with van der Waals surface area (Å²) in [5, 5.41) is 3.12. The molecule has 0 amide bonds. The first-order chi connectivity index (χ1) is 6.84. The first kappa shape index (κ1) is 12.0. The van der Waals surface area contributed by atoms with Gasteiger partial charge in [-0.1, -0.05) is 0 Å². The Morgan fingerprint density at radius 2 is 2.29 bits per heavy atom. The molecular formula is C11H24N2O. The van der Waals surface area contributed by atoms with E-state index in [0.717, 1.165) is 32.2 Å². The van der Waals surface area contributed by atoms with Gasteiger partial charge in [0.1, 0.15) is 0 Å². The van der Waals surface area contributed by atoms with E-state index < -0.39 is 0 Å². The van der Waals surface area contributed by atoms with Crippen LogP contribution < -0.4 is 5.32 Å². The third-order valence-corrected chi connectivity index (χ3v) is 2.98. The molecule has 1 aliphatic heterocycles. The summed E-state index contributed by atoms with van der Waals surface area (Å²) in [5.74, 6) is 0. The molecule has 0 spiro atoms. The molecule has 0 aromatic rings. The molecule has 1 saturated heterocycles. The molecule has 0 aromatic carbocycles. The molecule has 1 atom stereocenters. The Kier molecular flexibility index (Phi) is 6.15. The second kappa shape index (κ2) is 7.21. The summed E-state index contributed by atoms with van der Waals surface area (Å²) >= 11 is 0. The van der Waals surface area contributed by atoms with Gasteiger partial charge >= 0.3 is 0 Å². The van der Waals surface area contributed by atoms with Crippen LogP contribution in [0.2, 0.25) is 0 Å². The zero-order valence-corrected chi connectivity index (χ0v) is 9.59. The highest BCUT2D eigenvalue weighted by molar-refractivity contribution is 4.75. The van der Waals surface area contributed by atoms with Crippen molar-refractivity contribution in [2.75, 3.05) is 40.4 Å². The van der Waals surface area contributed by atoms with Gasteiger partial charge in [0.2, 0.25) is 0 Å². The average molecular weight is 200 g/mol. The van der Waals surface area contributed by atoms with Crippen LogP contribution in [0.15, 0.2) is 0 Å². The van der Waals surface area contributed by atoms with E-state index in [9.17, 15) is 0 Å². The maximum atomic E-state index is 5.58. The predicted octanol–water partition coefficient (Wildman–Crippen LogP) is 1.10. The van der Waals surface area contributed by atoms with E-state index >= 15 is 0 Å². The summed E-state index contributed by atoms with van der Waals surface area (Å²) in [5.41, 5.74) is 0. The Labute approximate surface area is 87.8 Å². The van der Waals surface area contributed by atoms with Crippen molar-refractivity contribution in [1.29, 1.82) is 0 Å². The van der Waals surface area contributed by atoms with Crippen LogP contribution in [-0.2, 0) is 4.74 Å². The van der Waals surface area contributed by atoms with Crippen LogP contribution in [0.3, 0.4) is 0 Å². The molecule has 14 heavy (non-hydrogen) atoms. The van der Waals surface area contributed by atoms with Crippen molar-refractivity contribution in [2.24, 2.45) is 0 Å². The first-order valence-electron chi connectivity index (χ1n) is 5.77. The Balaban J connectivity index is 1.88. The fourth-order valence-electron chi connectivity index (χ4n) is 2.02. The topological polar surface area (TPSA) is 24.5 Å². The molecule has 0 aliphatic carbocycles. The maximum absolute atomic E-state index is 5.58. The van der Waals surface area contributed by atoms with E-state index in [0.29, 0.717) is 0 Å². The quantitative estimate of drug-likeness (QED) is 0.623. The van der Waals surface area contributed by atoms with Crippen molar-refractivity contribution in [1.82, 2.24) is 10.2 Å². The lowest BCUT2D eigenvalue weighted by atomic mass is 10.1. The number of nitrogens with zero attached hydrogens (tertiary/aromatic N) is 1. The molecule has 3 nitrogen and oxygen atoms in total. The normalized spacial score (nSPS) is 23.1. The molecule has 0 saturated carbocycles. The highest BCUT2D eigenvalue weighted by Gasteiger charge is 2.19. The maximum Gasteiger partial charge on any atom is 0.0480 e. The third-order valence-electron chi connectivity index (χ3n) is 2.98. The number of rotatable bonds is 7. The lowest BCUT2D eigenvalue weighted by molar-refractivity contribution is 0.112. The summed E-state index contributed by atoms with van der Waals surface area (Å²) in [6.07, 6.45) is 5.05. The van der Waals surface area contributed by atoms with Crippen LogP contribution in [0.5, 0.6) is 0 Å². The Morgan fingerprint density at radius 3 is 2.93 bits per heavy atom. The second-order valence-corrected chi connectivity index (χ2v) is 4.13. The highest BCUT2D eigenvalue weighted by Crippen LogP contribution is 2.17. The van der Waals surface area contributed by atoms with Crippen molar-refractivity contribution >= 4 is 0 Å². The van der Waals surface area contributed by atoms with E-state index in [4.69, 9.17) is 4.74 Å². The average Bonchev–Trinajstić information content (AvgIpc) is 2.58. The molecule has 0 bridgehead atoms. The number of ether oxygens (including phenoxy) is 1. The SMILES string of the molecule is CNCCCOCCC1CCCN1C. The minimum Gasteiger partial charge on any atom is -0.381 e. The van der Waals surface area contributed by atoms with Gasteiger partial charge < -0.3 is 15.0 Å². The number of nitrogens with one attached hydrogen (secondary N) is 1. The Bertz CT molecular complexity index is 141. The fourth-order valence-corrected chi connectivity index (χ4v) is 2.02. The van der Waals surface area contributed by atoms with Crippen LogP contribution in [0, 0.1) is 0 Å². The summed E-state index contributed by atoms with van der Waals surface area (Å²) < 4.78 is 5.58. The fraction of sp³-hybridized carbons (Fsp3) is 1.00. The van der Waals surface area contributed by atoms with E-state index in [-0.39, 0.29) is 0 Å². The van der Waals surface area contributed by atoms with E-state index in [1.165, 1.54) is 25.8 Å². The van der Waals surface area contributed by atoms with Crippen molar-refractivity contribution in [3.63, 3.8) is 0 Å². The number of hydrogen-bond donors (Lipinski definition) is 1. The van der Waals surface area contributed by atoms with E-state index in [1.807, 2.05) is 7.05 Å². The number of likely N-dealkylation sites (tertiary alicyclic amines) is 1. The largest absolute Gasteiger partial charge is 0.381 e. The van der Waals surface area contributed by atoms with Gasteiger partial charge in [-0.2, -0.15) is 0 Å². The molecule has 1 rings (SSSR count). The predicted molar refractivity (Wildman–Crippen MR) is 59.6 cm³/mol. The Hall–Kier alpha value is -0.120. The molecule has 1 unspecified atom stereocenters. The summed E-state index contributed by atoms with van der Waals surface area (Å²) in [6.45, 7) is 4.16. The molecule has 0 radical (unpaired) electrons. The molecular weight excluding hydrogens is 176 g/mol. The van der Waals surface area contributed by atoms with Crippen molar-refractivity contribution in [3.8, 4) is 0 Å². The van der Waals surface area contributed by atoms with Crippen LogP contribution in [0.25, 0.3) is 0 Å². The summed E-state index contributed by atoms with van der Waals surface area (Å²) in [4.78, 5) is 2.46. The van der Waals surface area contributed by atoms with Crippen LogP contribution in [0.1, 0.15) is 25.7 Å². The minimum atomic E-state index is 0.777.